The molecule has 3 nitrogen and oxygen atoms in total. The molecule has 0 aliphatic carbocycles. The van der Waals surface area contributed by atoms with Gasteiger partial charge in [0.2, 0.25) is 0 Å². The smallest absolute Gasteiger partial charge is 0.337 e. The van der Waals surface area contributed by atoms with Gasteiger partial charge in [-0.15, -0.1) is 0 Å². The highest BCUT2D eigenvalue weighted by atomic mass is 16.5. The Morgan fingerprint density at radius 1 is 0.960 bits per heavy atom. The summed E-state index contributed by atoms with van der Waals surface area (Å²) in [5.74, 6) is 1.59. The van der Waals surface area contributed by atoms with Crippen LogP contribution >= 0.6 is 0 Å². The molecule has 0 spiro atoms. The van der Waals surface area contributed by atoms with Gasteiger partial charge in [-0.2, -0.15) is 0 Å². The van der Waals surface area contributed by atoms with Crippen molar-refractivity contribution in [2.45, 2.75) is 40.0 Å². The molecule has 2 rings (SSSR count). The molecule has 0 N–H and O–H groups in total. The van der Waals surface area contributed by atoms with Crippen LogP contribution in [0.15, 0.2) is 42.5 Å². The van der Waals surface area contributed by atoms with Crippen LogP contribution in [0, 0.1) is 5.92 Å². The summed E-state index contributed by atoms with van der Waals surface area (Å²) in [5, 5.41) is 0. The standard InChI is InChI=1S/C22H28O3/c1-15(2)14-25-21-11-8-18(13-20(21)16(3)4)12-17-6-9-19(10-7-17)22(23)24-5/h6-11,13,15-16H,12,14H2,1-5H3. The Morgan fingerprint density at radius 3 is 2.16 bits per heavy atom. The van der Waals surface area contributed by atoms with E-state index in [1.807, 2.05) is 24.3 Å². The van der Waals surface area contributed by atoms with Crippen LogP contribution in [-0.2, 0) is 11.2 Å². The van der Waals surface area contributed by atoms with E-state index in [0.717, 1.165) is 18.8 Å². The SMILES string of the molecule is COC(=O)c1ccc(Cc2ccc(OCC(C)C)c(C(C)C)c2)cc1. The van der Waals surface area contributed by atoms with Crippen LogP contribution in [0.1, 0.15) is 60.7 Å². The van der Waals surface area contributed by atoms with Crippen LogP contribution in [0.2, 0.25) is 0 Å². The maximum Gasteiger partial charge on any atom is 0.337 e. The molecule has 0 amide bonds. The Balaban J connectivity index is 2.16. The summed E-state index contributed by atoms with van der Waals surface area (Å²) in [7, 11) is 1.40. The summed E-state index contributed by atoms with van der Waals surface area (Å²) in [5.41, 5.74) is 4.22. The van der Waals surface area contributed by atoms with Gasteiger partial charge in [-0.05, 0) is 53.1 Å². The third-order valence-corrected chi connectivity index (χ3v) is 4.05. The van der Waals surface area contributed by atoms with Crippen LogP contribution in [-0.4, -0.2) is 19.7 Å². The van der Waals surface area contributed by atoms with Gasteiger partial charge in [0, 0.05) is 0 Å². The minimum Gasteiger partial charge on any atom is -0.493 e. The third kappa shape index (κ3) is 5.35. The lowest BCUT2D eigenvalue weighted by Crippen LogP contribution is -2.07. The highest BCUT2D eigenvalue weighted by Crippen LogP contribution is 2.29. The fraction of sp³-hybridized carbons (Fsp3) is 0.409. The highest BCUT2D eigenvalue weighted by Gasteiger charge is 2.11. The number of ether oxygens (including phenoxy) is 2. The van der Waals surface area contributed by atoms with Crippen molar-refractivity contribution in [3.8, 4) is 5.75 Å². The lowest BCUT2D eigenvalue weighted by atomic mass is 9.96. The molecule has 0 aliphatic heterocycles. The van der Waals surface area contributed by atoms with Gasteiger partial charge in [0.05, 0.1) is 19.3 Å². The number of hydrogen-bond donors (Lipinski definition) is 0. The molecule has 0 saturated heterocycles. The first-order valence-electron chi connectivity index (χ1n) is 8.83. The zero-order valence-electron chi connectivity index (χ0n) is 15.8. The summed E-state index contributed by atoms with van der Waals surface area (Å²) in [6, 6.07) is 14.0. The van der Waals surface area contributed by atoms with E-state index in [1.165, 1.54) is 23.8 Å². The van der Waals surface area contributed by atoms with E-state index in [0.29, 0.717) is 17.4 Å². The average Bonchev–Trinajstić information content (AvgIpc) is 2.60. The van der Waals surface area contributed by atoms with Crippen molar-refractivity contribution in [3.05, 3.63) is 64.7 Å². The first kappa shape index (κ1) is 19.0. The zero-order valence-corrected chi connectivity index (χ0v) is 15.8. The molecule has 0 aromatic heterocycles. The lowest BCUT2D eigenvalue weighted by Gasteiger charge is -2.17. The fourth-order valence-corrected chi connectivity index (χ4v) is 2.66. The molecule has 0 radical (unpaired) electrons. The van der Waals surface area contributed by atoms with Crippen molar-refractivity contribution in [2.24, 2.45) is 5.92 Å². The molecule has 0 heterocycles. The Labute approximate surface area is 151 Å². The molecule has 25 heavy (non-hydrogen) atoms. The van der Waals surface area contributed by atoms with Gasteiger partial charge in [0.15, 0.2) is 0 Å². The van der Waals surface area contributed by atoms with E-state index in [4.69, 9.17) is 9.47 Å². The normalized spacial score (nSPS) is 11.0. The molecule has 134 valence electrons. The van der Waals surface area contributed by atoms with Crippen LogP contribution in [0.4, 0.5) is 0 Å². The van der Waals surface area contributed by atoms with E-state index >= 15 is 0 Å². The predicted octanol–water partition coefficient (Wildman–Crippen LogP) is 5.22. The molecule has 0 saturated carbocycles. The van der Waals surface area contributed by atoms with Crippen LogP contribution in [0.5, 0.6) is 5.75 Å². The second-order valence-electron chi connectivity index (χ2n) is 7.10. The minimum atomic E-state index is -0.305. The summed E-state index contributed by atoms with van der Waals surface area (Å²) in [4.78, 5) is 11.5. The van der Waals surface area contributed by atoms with Gasteiger partial charge in [-0.1, -0.05) is 52.0 Å². The topological polar surface area (TPSA) is 35.5 Å². The Morgan fingerprint density at radius 2 is 1.60 bits per heavy atom. The maximum atomic E-state index is 11.5. The minimum absolute atomic E-state index is 0.305. The molecular formula is C22H28O3. The lowest BCUT2D eigenvalue weighted by molar-refractivity contribution is 0.0600. The molecule has 0 aliphatic rings. The largest absolute Gasteiger partial charge is 0.493 e. The monoisotopic (exact) mass is 340 g/mol. The Hall–Kier alpha value is -2.29. The van der Waals surface area contributed by atoms with Gasteiger partial charge < -0.3 is 9.47 Å². The average molecular weight is 340 g/mol. The molecule has 0 fully saturated rings. The quantitative estimate of drug-likeness (QED) is 0.648. The van der Waals surface area contributed by atoms with E-state index in [1.54, 1.807) is 0 Å². The van der Waals surface area contributed by atoms with Crippen molar-refractivity contribution in [2.75, 3.05) is 13.7 Å². The molecular weight excluding hydrogens is 312 g/mol. The van der Waals surface area contributed by atoms with E-state index < -0.39 is 0 Å². The first-order valence-corrected chi connectivity index (χ1v) is 8.83. The van der Waals surface area contributed by atoms with Crippen molar-refractivity contribution in [3.63, 3.8) is 0 Å². The molecule has 0 bridgehead atoms. The molecule has 0 atom stereocenters. The van der Waals surface area contributed by atoms with Gasteiger partial charge in [-0.3, -0.25) is 0 Å². The Bertz CT molecular complexity index is 700. The first-order chi connectivity index (χ1) is 11.9. The molecule has 0 unspecified atom stereocenters. The number of methoxy groups -OCH3 is 1. The van der Waals surface area contributed by atoms with Gasteiger partial charge >= 0.3 is 5.97 Å². The highest BCUT2D eigenvalue weighted by molar-refractivity contribution is 5.89. The Kier molecular flexibility index (Phi) is 6.63. The summed E-state index contributed by atoms with van der Waals surface area (Å²) < 4.78 is 10.7. The van der Waals surface area contributed by atoms with Crippen LogP contribution in [0.25, 0.3) is 0 Å². The zero-order chi connectivity index (χ0) is 18.4. The number of hydrogen-bond acceptors (Lipinski definition) is 3. The van der Waals surface area contributed by atoms with E-state index in [2.05, 4.69) is 45.9 Å². The second kappa shape index (κ2) is 8.70. The van der Waals surface area contributed by atoms with Crippen molar-refractivity contribution in [1.29, 1.82) is 0 Å². The number of esters is 1. The van der Waals surface area contributed by atoms with Crippen molar-refractivity contribution < 1.29 is 14.3 Å². The number of rotatable bonds is 7. The predicted molar refractivity (Wildman–Crippen MR) is 101 cm³/mol. The molecule has 2 aromatic rings. The summed E-state index contributed by atoms with van der Waals surface area (Å²) in [6.45, 7) is 9.41. The van der Waals surface area contributed by atoms with Crippen LogP contribution < -0.4 is 4.74 Å². The van der Waals surface area contributed by atoms with Gasteiger partial charge in [0.25, 0.3) is 0 Å². The van der Waals surface area contributed by atoms with Gasteiger partial charge in [0.1, 0.15) is 5.75 Å². The summed E-state index contributed by atoms with van der Waals surface area (Å²) >= 11 is 0. The summed E-state index contributed by atoms with van der Waals surface area (Å²) in [6.07, 6.45) is 0.825. The molecule has 3 heteroatoms. The molecule has 2 aromatic carbocycles. The number of carbonyl (C=O) groups excluding carboxylic acids is 1. The van der Waals surface area contributed by atoms with Crippen molar-refractivity contribution in [1.82, 2.24) is 0 Å². The number of benzene rings is 2. The second-order valence-corrected chi connectivity index (χ2v) is 7.10. The number of carbonyl (C=O) groups is 1. The van der Waals surface area contributed by atoms with Crippen molar-refractivity contribution >= 4 is 5.97 Å². The van der Waals surface area contributed by atoms with E-state index in [-0.39, 0.29) is 5.97 Å². The van der Waals surface area contributed by atoms with Gasteiger partial charge in [-0.25, -0.2) is 4.79 Å². The van der Waals surface area contributed by atoms with Crippen LogP contribution in [0.3, 0.4) is 0 Å². The maximum absolute atomic E-state index is 11.5. The third-order valence-electron chi connectivity index (χ3n) is 4.05. The fourth-order valence-electron chi connectivity index (χ4n) is 2.66. The van der Waals surface area contributed by atoms with E-state index in [9.17, 15) is 4.79 Å².